The van der Waals surface area contributed by atoms with Gasteiger partial charge in [0.05, 0.1) is 25.8 Å². The Labute approximate surface area is 195 Å². The van der Waals surface area contributed by atoms with Gasteiger partial charge in [0, 0.05) is 18.1 Å². The first kappa shape index (κ1) is 25.5. The SMILES string of the molecule is CCCOc1ccc(C(C)NC(=NC)NCc2ncc(C)s2)cc1OCCC.I. The molecule has 0 amide bonds. The number of nitrogens with one attached hydrogen (secondary N) is 2. The van der Waals surface area contributed by atoms with Gasteiger partial charge in [-0.25, -0.2) is 4.98 Å². The molecule has 2 N–H and O–H groups in total. The first-order valence-corrected chi connectivity index (χ1v) is 10.7. The number of halogens is 1. The standard InChI is InChI=1S/C21H32N4O2S.HI/c1-6-10-26-18-9-8-17(12-19(18)27-11-7-2)16(4)25-21(22-5)24-14-20-23-13-15(3)28-20;/h8-9,12-13,16H,6-7,10-11,14H2,1-5H3,(H2,22,24,25);1H. The second-order valence-corrected chi connectivity index (χ2v) is 7.88. The normalized spacial score (nSPS) is 12.1. The monoisotopic (exact) mass is 532 g/mol. The zero-order valence-electron chi connectivity index (χ0n) is 17.9. The Balaban J connectivity index is 0.00000420. The van der Waals surface area contributed by atoms with E-state index in [1.807, 2.05) is 12.3 Å². The third-order valence-corrected chi connectivity index (χ3v) is 4.96. The Morgan fingerprint density at radius 1 is 1.17 bits per heavy atom. The Kier molecular flexibility index (Phi) is 12.0. The summed E-state index contributed by atoms with van der Waals surface area (Å²) in [5.74, 6) is 2.33. The van der Waals surface area contributed by atoms with E-state index in [-0.39, 0.29) is 30.0 Å². The molecule has 6 nitrogen and oxygen atoms in total. The number of thiazole rings is 1. The highest BCUT2D eigenvalue weighted by atomic mass is 127. The lowest BCUT2D eigenvalue weighted by Crippen LogP contribution is -2.38. The van der Waals surface area contributed by atoms with Crippen molar-refractivity contribution in [1.82, 2.24) is 15.6 Å². The van der Waals surface area contributed by atoms with Crippen molar-refractivity contribution in [3.8, 4) is 11.5 Å². The van der Waals surface area contributed by atoms with Crippen LogP contribution in [0.1, 0.15) is 55.1 Å². The molecule has 0 aliphatic heterocycles. The number of rotatable bonds is 10. The second kappa shape index (κ2) is 13.6. The van der Waals surface area contributed by atoms with Crippen LogP contribution in [0.15, 0.2) is 29.4 Å². The molecule has 0 aliphatic rings. The van der Waals surface area contributed by atoms with Crippen molar-refractivity contribution < 1.29 is 9.47 Å². The fourth-order valence-corrected chi connectivity index (χ4v) is 3.30. The Hall–Kier alpha value is -1.55. The van der Waals surface area contributed by atoms with Gasteiger partial charge in [-0.2, -0.15) is 0 Å². The van der Waals surface area contributed by atoms with Crippen LogP contribution in [0, 0.1) is 6.92 Å². The topological polar surface area (TPSA) is 67.8 Å². The van der Waals surface area contributed by atoms with Crippen LogP contribution >= 0.6 is 35.3 Å². The van der Waals surface area contributed by atoms with Crippen LogP contribution < -0.4 is 20.1 Å². The summed E-state index contributed by atoms with van der Waals surface area (Å²) in [6, 6.07) is 6.17. The molecule has 1 unspecified atom stereocenters. The molecule has 0 bridgehead atoms. The highest BCUT2D eigenvalue weighted by Gasteiger charge is 2.13. The average Bonchev–Trinajstić information content (AvgIpc) is 3.13. The average molecular weight is 532 g/mol. The Morgan fingerprint density at radius 3 is 2.45 bits per heavy atom. The van der Waals surface area contributed by atoms with Crippen molar-refractivity contribution >= 4 is 41.3 Å². The van der Waals surface area contributed by atoms with Crippen LogP contribution in [0.25, 0.3) is 0 Å². The first-order valence-electron chi connectivity index (χ1n) is 9.85. The summed E-state index contributed by atoms with van der Waals surface area (Å²) in [7, 11) is 1.77. The summed E-state index contributed by atoms with van der Waals surface area (Å²) < 4.78 is 11.7. The van der Waals surface area contributed by atoms with Gasteiger partial charge in [-0.3, -0.25) is 4.99 Å². The fraction of sp³-hybridized carbons (Fsp3) is 0.524. The predicted molar refractivity (Wildman–Crippen MR) is 132 cm³/mol. The molecular formula is C21H33IN4O2S. The van der Waals surface area contributed by atoms with Gasteiger partial charge in [-0.05, 0) is 44.4 Å². The summed E-state index contributed by atoms with van der Waals surface area (Å²) in [5, 5.41) is 7.79. The van der Waals surface area contributed by atoms with Crippen molar-refractivity contribution in [2.24, 2.45) is 4.99 Å². The lowest BCUT2D eigenvalue weighted by Gasteiger charge is -2.20. The van der Waals surface area contributed by atoms with Gasteiger partial charge in [0.25, 0.3) is 0 Å². The number of guanidine groups is 1. The van der Waals surface area contributed by atoms with Gasteiger partial charge in [-0.15, -0.1) is 35.3 Å². The zero-order valence-corrected chi connectivity index (χ0v) is 21.1. The van der Waals surface area contributed by atoms with Crippen molar-refractivity contribution in [3.63, 3.8) is 0 Å². The van der Waals surface area contributed by atoms with Gasteiger partial charge >= 0.3 is 0 Å². The van der Waals surface area contributed by atoms with Gasteiger partial charge in [0.1, 0.15) is 5.01 Å². The Bertz CT molecular complexity index is 767. The third-order valence-electron chi connectivity index (χ3n) is 4.04. The molecule has 1 aromatic carbocycles. The molecule has 2 aromatic rings. The van der Waals surface area contributed by atoms with E-state index in [0.717, 1.165) is 40.9 Å². The number of aryl methyl sites for hydroxylation is 1. The maximum Gasteiger partial charge on any atom is 0.191 e. The summed E-state index contributed by atoms with van der Waals surface area (Å²) in [4.78, 5) is 9.90. The van der Waals surface area contributed by atoms with E-state index in [1.54, 1.807) is 18.4 Å². The van der Waals surface area contributed by atoms with Crippen LogP contribution in [0.2, 0.25) is 0 Å². The molecule has 1 atom stereocenters. The van der Waals surface area contributed by atoms with Crippen molar-refractivity contribution in [3.05, 3.63) is 39.8 Å². The second-order valence-electron chi connectivity index (χ2n) is 6.56. The van der Waals surface area contributed by atoms with Crippen LogP contribution in [-0.2, 0) is 6.54 Å². The summed E-state index contributed by atoms with van der Waals surface area (Å²) in [6.45, 7) is 10.4. The van der Waals surface area contributed by atoms with E-state index in [1.165, 1.54) is 4.88 Å². The van der Waals surface area contributed by atoms with Gasteiger partial charge in [0.15, 0.2) is 17.5 Å². The van der Waals surface area contributed by atoms with Crippen LogP contribution in [0.3, 0.4) is 0 Å². The molecule has 29 heavy (non-hydrogen) atoms. The van der Waals surface area contributed by atoms with Crippen molar-refractivity contribution in [2.45, 2.75) is 53.1 Å². The molecule has 162 valence electrons. The van der Waals surface area contributed by atoms with Crippen LogP contribution in [0.5, 0.6) is 11.5 Å². The number of ether oxygens (including phenoxy) is 2. The number of hydrogen-bond donors (Lipinski definition) is 2. The van der Waals surface area contributed by atoms with Crippen molar-refractivity contribution in [2.75, 3.05) is 20.3 Å². The van der Waals surface area contributed by atoms with Crippen LogP contribution in [-0.4, -0.2) is 31.2 Å². The van der Waals surface area contributed by atoms with Crippen LogP contribution in [0.4, 0.5) is 0 Å². The van der Waals surface area contributed by atoms with E-state index < -0.39 is 0 Å². The molecule has 0 radical (unpaired) electrons. The molecule has 0 spiro atoms. The lowest BCUT2D eigenvalue weighted by atomic mass is 10.1. The van der Waals surface area contributed by atoms with E-state index in [9.17, 15) is 0 Å². The fourth-order valence-electron chi connectivity index (χ4n) is 2.58. The van der Waals surface area contributed by atoms with Crippen molar-refractivity contribution in [1.29, 1.82) is 0 Å². The summed E-state index contributed by atoms with van der Waals surface area (Å²) >= 11 is 1.69. The number of benzene rings is 1. The zero-order chi connectivity index (χ0) is 20.4. The molecule has 2 rings (SSSR count). The minimum absolute atomic E-state index is 0. The number of aromatic nitrogens is 1. The third kappa shape index (κ3) is 8.38. The van der Waals surface area contributed by atoms with Gasteiger partial charge in [-0.1, -0.05) is 19.9 Å². The van der Waals surface area contributed by atoms with Gasteiger partial charge in [0.2, 0.25) is 0 Å². The summed E-state index contributed by atoms with van der Waals surface area (Å²) in [5.41, 5.74) is 1.11. The molecule has 0 saturated carbocycles. The number of hydrogen-bond acceptors (Lipinski definition) is 5. The molecule has 1 aromatic heterocycles. The maximum absolute atomic E-state index is 5.91. The van der Waals surface area contributed by atoms with Gasteiger partial charge < -0.3 is 20.1 Å². The molecule has 0 saturated heterocycles. The number of nitrogens with zero attached hydrogens (tertiary/aromatic N) is 2. The van der Waals surface area contributed by atoms with E-state index >= 15 is 0 Å². The molecule has 8 heteroatoms. The molecule has 0 aliphatic carbocycles. The Morgan fingerprint density at radius 2 is 1.86 bits per heavy atom. The van der Waals surface area contributed by atoms with E-state index in [4.69, 9.17) is 9.47 Å². The minimum Gasteiger partial charge on any atom is -0.490 e. The first-order chi connectivity index (χ1) is 13.6. The number of aliphatic imine (C=N–C) groups is 1. The lowest BCUT2D eigenvalue weighted by molar-refractivity contribution is 0.268. The smallest absolute Gasteiger partial charge is 0.191 e. The molecular weight excluding hydrogens is 499 g/mol. The highest BCUT2D eigenvalue weighted by molar-refractivity contribution is 14.0. The highest BCUT2D eigenvalue weighted by Crippen LogP contribution is 2.31. The minimum atomic E-state index is 0. The summed E-state index contributed by atoms with van der Waals surface area (Å²) in [6.07, 6.45) is 3.81. The van der Waals surface area contributed by atoms with E-state index in [0.29, 0.717) is 19.8 Å². The molecule has 1 heterocycles. The predicted octanol–water partition coefficient (Wildman–Crippen LogP) is 5.07. The maximum atomic E-state index is 5.91. The molecule has 0 fully saturated rings. The van der Waals surface area contributed by atoms with E-state index in [2.05, 4.69) is 60.4 Å². The quantitative estimate of drug-likeness (QED) is 0.254. The largest absolute Gasteiger partial charge is 0.490 e.